The molecule has 0 spiro atoms. The molecule has 1 N–H and O–H groups in total. The van der Waals surface area contributed by atoms with E-state index in [1.165, 1.54) is 19.2 Å². The van der Waals surface area contributed by atoms with Crippen molar-refractivity contribution in [2.24, 2.45) is 0 Å². The van der Waals surface area contributed by atoms with Crippen LogP contribution in [0.4, 0.5) is 13.2 Å². The summed E-state index contributed by atoms with van der Waals surface area (Å²) in [6, 6.07) is 2.72. The molecule has 0 saturated heterocycles. The van der Waals surface area contributed by atoms with Crippen LogP contribution >= 0.6 is 0 Å². The van der Waals surface area contributed by atoms with Gasteiger partial charge in [-0.25, -0.2) is 0 Å². The van der Waals surface area contributed by atoms with E-state index < -0.39 is 18.0 Å². The predicted octanol–water partition coefficient (Wildman–Crippen LogP) is 1.69. The standard InChI is InChI=1S/C8H8F3NO2/c1-14-5-3-2-4-12-6(5)7(13)8(9,10)11/h2-4,7,13H,1H3/t7-/m0/s1. The lowest BCUT2D eigenvalue weighted by Gasteiger charge is -2.15. The van der Waals surface area contributed by atoms with Crippen LogP contribution in [0.1, 0.15) is 11.8 Å². The van der Waals surface area contributed by atoms with Gasteiger partial charge in [0.25, 0.3) is 0 Å². The maximum atomic E-state index is 12.1. The molecule has 0 aliphatic heterocycles. The monoisotopic (exact) mass is 207 g/mol. The van der Waals surface area contributed by atoms with Crippen molar-refractivity contribution in [1.29, 1.82) is 0 Å². The van der Waals surface area contributed by atoms with Crippen molar-refractivity contribution >= 4 is 0 Å². The molecule has 1 aromatic rings. The Morgan fingerprint density at radius 1 is 1.50 bits per heavy atom. The van der Waals surface area contributed by atoms with Crippen molar-refractivity contribution in [3.63, 3.8) is 0 Å². The molecule has 0 radical (unpaired) electrons. The zero-order valence-electron chi connectivity index (χ0n) is 7.25. The summed E-state index contributed by atoms with van der Waals surface area (Å²) in [4.78, 5) is 3.42. The number of aromatic nitrogens is 1. The minimum absolute atomic E-state index is 0.0858. The lowest BCUT2D eigenvalue weighted by atomic mass is 10.2. The third-order valence-electron chi connectivity index (χ3n) is 1.59. The van der Waals surface area contributed by atoms with Gasteiger partial charge in [0.2, 0.25) is 0 Å². The van der Waals surface area contributed by atoms with Crippen LogP contribution in [0, 0.1) is 0 Å². The van der Waals surface area contributed by atoms with E-state index in [1.54, 1.807) is 0 Å². The second-order valence-corrected chi connectivity index (χ2v) is 2.54. The van der Waals surface area contributed by atoms with Crippen molar-refractivity contribution < 1.29 is 23.0 Å². The number of rotatable bonds is 2. The number of nitrogens with zero attached hydrogens (tertiary/aromatic N) is 1. The maximum absolute atomic E-state index is 12.1. The molecule has 1 rings (SSSR count). The van der Waals surface area contributed by atoms with Gasteiger partial charge in [0, 0.05) is 6.20 Å². The number of pyridine rings is 1. The molecule has 3 nitrogen and oxygen atoms in total. The van der Waals surface area contributed by atoms with Crippen molar-refractivity contribution in [3.8, 4) is 5.75 Å². The number of aliphatic hydroxyl groups excluding tert-OH is 1. The van der Waals surface area contributed by atoms with E-state index in [1.807, 2.05) is 0 Å². The number of alkyl halides is 3. The van der Waals surface area contributed by atoms with E-state index in [0.717, 1.165) is 6.20 Å². The molecule has 78 valence electrons. The highest BCUT2D eigenvalue weighted by Crippen LogP contribution is 2.35. The first-order valence-corrected chi connectivity index (χ1v) is 3.70. The predicted molar refractivity (Wildman–Crippen MR) is 41.8 cm³/mol. The van der Waals surface area contributed by atoms with Crippen molar-refractivity contribution in [2.45, 2.75) is 12.3 Å². The number of halogens is 3. The van der Waals surface area contributed by atoms with E-state index in [9.17, 15) is 13.2 Å². The SMILES string of the molecule is COc1cccnc1[C@H](O)C(F)(F)F. The number of aliphatic hydroxyl groups is 1. The Morgan fingerprint density at radius 2 is 2.14 bits per heavy atom. The summed E-state index contributed by atoms with van der Waals surface area (Å²) < 4.78 is 41.0. The Kier molecular flexibility index (Phi) is 2.95. The third kappa shape index (κ3) is 2.14. The van der Waals surface area contributed by atoms with Crippen LogP contribution in [0.2, 0.25) is 0 Å². The molecule has 0 aliphatic rings. The fourth-order valence-electron chi connectivity index (χ4n) is 0.936. The van der Waals surface area contributed by atoms with Crippen LogP contribution < -0.4 is 4.74 Å². The Labute approximate surface area is 78.2 Å². The van der Waals surface area contributed by atoms with Crippen molar-refractivity contribution in [1.82, 2.24) is 4.98 Å². The third-order valence-corrected chi connectivity index (χ3v) is 1.59. The van der Waals surface area contributed by atoms with Crippen molar-refractivity contribution in [3.05, 3.63) is 24.0 Å². The Hall–Kier alpha value is -1.30. The Bertz CT molecular complexity index is 314. The molecule has 0 amide bonds. The average molecular weight is 207 g/mol. The molecule has 1 atom stereocenters. The molecule has 0 unspecified atom stereocenters. The number of ether oxygens (including phenoxy) is 1. The highest BCUT2D eigenvalue weighted by atomic mass is 19.4. The Morgan fingerprint density at radius 3 is 2.64 bits per heavy atom. The average Bonchev–Trinajstić information content (AvgIpc) is 2.15. The number of hydrogen-bond donors (Lipinski definition) is 1. The van der Waals surface area contributed by atoms with E-state index in [-0.39, 0.29) is 5.75 Å². The highest BCUT2D eigenvalue weighted by Gasteiger charge is 2.41. The van der Waals surface area contributed by atoms with E-state index in [0.29, 0.717) is 0 Å². The van der Waals surface area contributed by atoms with Crippen LogP contribution in [-0.4, -0.2) is 23.4 Å². The summed E-state index contributed by atoms with van der Waals surface area (Å²) in [7, 11) is 1.21. The summed E-state index contributed by atoms with van der Waals surface area (Å²) in [6.07, 6.45) is -6.19. The fourth-order valence-corrected chi connectivity index (χ4v) is 0.936. The second kappa shape index (κ2) is 3.83. The van der Waals surface area contributed by atoms with Gasteiger partial charge in [-0.15, -0.1) is 0 Å². The number of hydrogen-bond acceptors (Lipinski definition) is 3. The first-order chi connectivity index (χ1) is 6.46. The first kappa shape index (κ1) is 10.8. The molecule has 6 heteroatoms. The summed E-state index contributed by atoms with van der Waals surface area (Å²) in [5.74, 6) is -0.0858. The minimum Gasteiger partial charge on any atom is -0.495 e. The van der Waals surface area contributed by atoms with Gasteiger partial charge in [-0.2, -0.15) is 13.2 Å². The molecular weight excluding hydrogens is 199 g/mol. The molecule has 0 bridgehead atoms. The second-order valence-electron chi connectivity index (χ2n) is 2.54. The first-order valence-electron chi connectivity index (χ1n) is 3.70. The van der Waals surface area contributed by atoms with Crippen LogP contribution in [0.5, 0.6) is 5.75 Å². The molecule has 0 fully saturated rings. The zero-order chi connectivity index (χ0) is 10.8. The van der Waals surface area contributed by atoms with Gasteiger partial charge in [0.05, 0.1) is 7.11 Å². The summed E-state index contributed by atoms with van der Waals surface area (Å²) in [5, 5.41) is 8.90. The van der Waals surface area contributed by atoms with E-state index in [4.69, 9.17) is 5.11 Å². The summed E-state index contributed by atoms with van der Waals surface area (Å²) in [6.45, 7) is 0. The smallest absolute Gasteiger partial charge is 0.420 e. The lowest BCUT2D eigenvalue weighted by molar-refractivity contribution is -0.208. The molecule has 14 heavy (non-hydrogen) atoms. The van der Waals surface area contributed by atoms with Crippen LogP contribution in [0.25, 0.3) is 0 Å². The molecule has 0 aromatic carbocycles. The topological polar surface area (TPSA) is 42.4 Å². The summed E-state index contributed by atoms with van der Waals surface area (Å²) >= 11 is 0. The van der Waals surface area contributed by atoms with Gasteiger partial charge in [-0.1, -0.05) is 0 Å². The largest absolute Gasteiger partial charge is 0.495 e. The van der Waals surface area contributed by atoms with Gasteiger partial charge in [-0.05, 0) is 12.1 Å². The van der Waals surface area contributed by atoms with E-state index in [2.05, 4.69) is 9.72 Å². The van der Waals surface area contributed by atoms with Gasteiger partial charge in [0.1, 0.15) is 11.4 Å². The van der Waals surface area contributed by atoms with E-state index >= 15 is 0 Å². The van der Waals surface area contributed by atoms with Gasteiger partial charge in [0.15, 0.2) is 6.10 Å². The molecule has 0 aliphatic carbocycles. The summed E-state index contributed by atoms with van der Waals surface area (Å²) in [5.41, 5.74) is -0.525. The molecular formula is C8H8F3NO2. The maximum Gasteiger partial charge on any atom is 0.420 e. The Balaban J connectivity index is 3.06. The number of methoxy groups -OCH3 is 1. The molecule has 1 aromatic heterocycles. The van der Waals surface area contributed by atoms with Crippen LogP contribution in [-0.2, 0) is 0 Å². The lowest BCUT2D eigenvalue weighted by Crippen LogP contribution is -2.21. The van der Waals surface area contributed by atoms with Crippen LogP contribution in [0.15, 0.2) is 18.3 Å². The minimum atomic E-state index is -4.73. The van der Waals surface area contributed by atoms with Crippen LogP contribution in [0.3, 0.4) is 0 Å². The molecule has 0 saturated carbocycles. The highest BCUT2D eigenvalue weighted by molar-refractivity contribution is 5.29. The van der Waals surface area contributed by atoms with Gasteiger partial charge >= 0.3 is 6.18 Å². The normalized spacial score (nSPS) is 13.8. The zero-order valence-corrected chi connectivity index (χ0v) is 7.25. The molecule has 1 heterocycles. The van der Waals surface area contributed by atoms with Gasteiger partial charge < -0.3 is 9.84 Å². The fraction of sp³-hybridized carbons (Fsp3) is 0.375. The van der Waals surface area contributed by atoms with Crippen molar-refractivity contribution in [2.75, 3.05) is 7.11 Å². The quantitative estimate of drug-likeness (QED) is 0.802. The van der Waals surface area contributed by atoms with Gasteiger partial charge in [-0.3, -0.25) is 4.98 Å².